The van der Waals surface area contributed by atoms with Crippen LogP contribution in [-0.2, 0) is 38.1 Å². The molecule has 0 unspecified atom stereocenters. The second-order valence-electron chi connectivity index (χ2n) is 10.1. The van der Waals surface area contributed by atoms with E-state index in [1.54, 1.807) is 7.11 Å². The fourth-order valence-corrected chi connectivity index (χ4v) is 4.87. The summed E-state index contributed by atoms with van der Waals surface area (Å²) in [5, 5.41) is 12.4. The van der Waals surface area contributed by atoms with Crippen LogP contribution in [0.2, 0.25) is 0 Å². The summed E-state index contributed by atoms with van der Waals surface area (Å²) in [6, 6.07) is 16.1. The van der Waals surface area contributed by atoms with Gasteiger partial charge in [0, 0.05) is 26.0 Å². The maximum Gasteiger partial charge on any atom is 0.307 e. The standard InChI is InChI=1S/C32H43NO9/c1-38-16-17-40-20-21-41-19-18-39-15-13-30(34)33-14-7-6-8-24(32(36)37)22-31(35)42-23-29-27-11-4-2-9-25(27)26-10-3-5-12-28(26)29/h2-5,9-12,24,29H,6-8,13-23H2,1H3,(H,33,34)(H,36,37)/t24-/m1/s1. The van der Waals surface area contributed by atoms with Gasteiger partial charge in [-0.25, -0.2) is 0 Å². The van der Waals surface area contributed by atoms with Crippen molar-refractivity contribution in [2.75, 3.05) is 66.5 Å². The van der Waals surface area contributed by atoms with Gasteiger partial charge in [-0.2, -0.15) is 0 Å². The topological polar surface area (TPSA) is 130 Å². The molecule has 2 aromatic carbocycles. The Kier molecular flexibility index (Phi) is 15.0. The lowest BCUT2D eigenvalue weighted by atomic mass is 9.97. The molecule has 10 heteroatoms. The van der Waals surface area contributed by atoms with Crippen molar-refractivity contribution >= 4 is 17.8 Å². The summed E-state index contributed by atoms with van der Waals surface area (Å²) in [6.07, 6.45) is 1.56. The fourth-order valence-electron chi connectivity index (χ4n) is 4.87. The predicted molar refractivity (Wildman–Crippen MR) is 156 cm³/mol. The summed E-state index contributed by atoms with van der Waals surface area (Å²) in [5.74, 6) is -2.56. The van der Waals surface area contributed by atoms with E-state index in [9.17, 15) is 19.5 Å². The van der Waals surface area contributed by atoms with Crippen LogP contribution in [0.3, 0.4) is 0 Å². The highest BCUT2D eigenvalue weighted by molar-refractivity contribution is 5.80. The van der Waals surface area contributed by atoms with E-state index in [2.05, 4.69) is 17.4 Å². The van der Waals surface area contributed by atoms with Crippen LogP contribution in [0.25, 0.3) is 11.1 Å². The SMILES string of the molecule is COCCOCCOCCOCCC(=O)NCCCC[C@H](CC(=O)OCC1c2ccccc2-c2ccccc21)C(=O)O. The maximum absolute atomic E-state index is 12.6. The van der Waals surface area contributed by atoms with Crippen molar-refractivity contribution in [1.29, 1.82) is 0 Å². The molecule has 10 nitrogen and oxygen atoms in total. The molecule has 3 rings (SSSR count). The van der Waals surface area contributed by atoms with Gasteiger partial charge in [0.05, 0.1) is 58.6 Å². The van der Waals surface area contributed by atoms with E-state index < -0.39 is 17.9 Å². The zero-order valence-electron chi connectivity index (χ0n) is 24.4. The summed E-state index contributed by atoms with van der Waals surface area (Å²) < 4.78 is 26.5. The predicted octanol–water partition coefficient (Wildman–Crippen LogP) is 3.81. The summed E-state index contributed by atoms with van der Waals surface area (Å²) in [7, 11) is 1.62. The first-order valence-corrected chi connectivity index (χ1v) is 14.6. The average molecular weight is 586 g/mol. The largest absolute Gasteiger partial charge is 0.481 e. The Morgan fingerprint density at radius 1 is 0.810 bits per heavy atom. The molecule has 2 N–H and O–H groups in total. The number of rotatable bonds is 22. The Morgan fingerprint density at radius 2 is 1.38 bits per heavy atom. The third-order valence-electron chi connectivity index (χ3n) is 7.09. The molecule has 230 valence electrons. The first-order valence-electron chi connectivity index (χ1n) is 14.6. The van der Waals surface area contributed by atoms with Gasteiger partial charge in [-0.1, -0.05) is 55.0 Å². The number of carboxylic acids is 1. The Hall–Kier alpha value is -3.31. The number of aliphatic carboxylic acids is 1. The highest BCUT2D eigenvalue weighted by Crippen LogP contribution is 2.44. The highest BCUT2D eigenvalue weighted by atomic mass is 16.6. The van der Waals surface area contributed by atoms with Gasteiger partial charge < -0.3 is 34.1 Å². The molecule has 0 saturated carbocycles. The van der Waals surface area contributed by atoms with Gasteiger partial charge in [0.25, 0.3) is 0 Å². The van der Waals surface area contributed by atoms with Gasteiger partial charge in [0.15, 0.2) is 0 Å². The third-order valence-corrected chi connectivity index (χ3v) is 7.09. The lowest BCUT2D eigenvalue weighted by molar-refractivity contribution is -0.152. The minimum Gasteiger partial charge on any atom is -0.481 e. The van der Waals surface area contributed by atoms with Crippen LogP contribution < -0.4 is 5.32 Å². The number of methoxy groups -OCH3 is 1. The minimum absolute atomic E-state index is 0.0663. The van der Waals surface area contributed by atoms with E-state index in [4.69, 9.17) is 23.7 Å². The Labute approximate surface area is 247 Å². The molecule has 2 aromatic rings. The summed E-state index contributed by atoms with van der Waals surface area (Å²) in [4.78, 5) is 36.3. The monoisotopic (exact) mass is 585 g/mol. The van der Waals surface area contributed by atoms with Crippen molar-refractivity contribution in [2.24, 2.45) is 5.92 Å². The first kappa shape index (κ1) is 33.2. The van der Waals surface area contributed by atoms with Crippen molar-refractivity contribution in [2.45, 2.75) is 38.0 Å². The summed E-state index contributed by atoms with van der Waals surface area (Å²) in [5.41, 5.74) is 4.50. The quantitative estimate of drug-likeness (QED) is 0.157. The van der Waals surface area contributed by atoms with Crippen LogP contribution in [0, 0.1) is 5.92 Å². The Bertz CT molecular complexity index is 1080. The Balaban J connectivity index is 1.24. The van der Waals surface area contributed by atoms with Gasteiger partial charge in [0.1, 0.15) is 6.61 Å². The molecule has 0 aliphatic heterocycles. The fraction of sp³-hybridized carbons (Fsp3) is 0.531. The van der Waals surface area contributed by atoms with Gasteiger partial charge in [-0.05, 0) is 35.1 Å². The smallest absolute Gasteiger partial charge is 0.307 e. The maximum atomic E-state index is 12.6. The number of carboxylic acid groups (broad SMARTS) is 1. The van der Waals surface area contributed by atoms with Crippen LogP contribution in [0.15, 0.2) is 48.5 Å². The van der Waals surface area contributed by atoms with Crippen molar-refractivity contribution in [3.8, 4) is 11.1 Å². The number of hydrogen-bond donors (Lipinski definition) is 2. The highest BCUT2D eigenvalue weighted by Gasteiger charge is 2.30. The first-order chi connectivity index (χ1) is 20.5. The van der Waals surface area contributed by atoms with E-state index in [0.29, 0.717) is 72.1 Å². The summed E-state index contributed by atoms with van der Waals surface area (Å²) in [6.45, 7) is 3.78. The molecule has 0 radical (unpaired) electrons. The number of amides is 1. The van der Waals surface area contributed by atoms with Crippen LogP contribution >= 0.6 is 0 Å². The molecule has 1 atom stereocenters. The summed E-state index contributed by atoms with van der Waals surface area (Å²) >= 11 is 0. The number of ether oxygens (including phenoxy) is 5. The molecule has 0 fully saturated rings. The molecule has 0 saturated heterocycles. The normalized spacial score (nSPS) is 12.9. The number of benzene rings is 2. The molecule has 42 heavy (non-hydrogen) atoms. The van der Waals surface area contributed by atoms with Crippen LogP contribution in [0.1, 0.15) is 49.1 Å². The second kappa shape index (κ2) is 19.0. The number of nitrogens with one attached hydrogen (secondary N) is 1. The zero-order valence-corrected chi connectivity index (χ0v) is 24.4. The number of esters is 1. The molecular weight excluding hydrogens is 542 g/mol. The molecule has 1 aliphatic rings. The lowest BCUT2D eigenvalue weighted by Crippen LogP contribution is -2.26. The van der Waals surface area contributed by atoms with E-state index >= 15 is 0 Å². The van der Waals surface area contributed by atoms with Crippen molar-refractivity contribution in [1.82, 2.24) is 5.32 Å². The lowest BCUT2D eigenvalue weighted by Gasteiger charge is -2.16. The van der Waals surface area contributed by atoms with Crippen LogP contribution in [0.5, 0.6) is 0 Å². The third kappa shape index (κ3) is 11.2. The average Bonchev–Trinajstić information content (AvgIpc) is 3.31. The van der Waals surface area contributed by atoms with Crippen molar-refractivity contribution < 1.29 is 43.2 Å². The number of carbonyl (C=O) groups is 3. The molecule has 0 bridgehead atoms. The van der Waals surface area contributed by atoms with E-state index in [1.807, 2.05) is 36.4 Å². The van der Waals surface area contributed by atoms with E-state index in [0.717, 1.165) is 22.3 Å². The van der Waals surface area contributed by atoms with Crippen molar-refractivity contribution in [3.63, 3.8) is 0 Å². The number of fused-ring (bicyclic) bond motifs is 3. The number of carbonyl (C=O) groups excluding carboxylic acids is 2. The van der Waals surface area contributed by atoms with Crippen LogP contribution in [0.4, 0.5) is 0 Å². The van der Waals surface area contributed by atoms with Gasteiger partial charge >= 0.3 is 11.9 Å². The molecule has 1 amide bonds. The van der Waals surface area contributed by atoms with Crippen LogP contribution in [-0.4, -0.2) is 89.5 Å². The van der Waals surface area contributed by atoms with Gasteiger partial charge in [-0.3, -0.25) is 14.4 Å². The number of unbranched alkanes of at least 4 members (excludes halogenated alkanes) is 1. The van der Waals surface area contributed by atoms with E-state index in [1.165, 1.54) is 0 Å². The van der Waals surface area contributed by atoms with Crippen molar-refractivity contribution in [3.05, 3.63) is 59.7 Å². The molecule has 0 heterocycles. The Morgan fingerprint density at radius 3 is 1.98 bits per heavy atom. The minimum atomic E-state index is -1.02. The second-order valence-corrected chi connectivity index (χ2v) is 10.1. The zero-order chi connectivity index (χ0) is 30.0. The molecular formula is C32H43NO9. The van der Waals surface area contributed by atoms with E-state index in [-0.39, 0.29) is 31.3 Å². The van der Waals surface area contributed by atoms with Gasteiger partial charge in [0.2, 0.25) is 5.91 Å². The molecule has 1 aliphatic carbocycles. The number of hydrogen-bond acceptors (Lipinski definition) is 8. The van der Waals surface area contributed by atoms with Gasteiger partial charge in [-0.15, -0.1) is 0 Å². The molecule has 0 aromatic heterocycles. The molecule has 0 spiro atoms.